The predicted octanol–water partition coefficient (Wildman–Crippen LogP) is 3.66. The molecule has 2 heterocycles. The fourth-order valence-electron chi connectivity index (χ4n) is 4.66. The molecule has 29 heavy (non-hydrogen) atoms. The van der Waals surface area contributed by atoms with Gasteiger partial charge in [-0.1, -0.05) is 31.2 Å². The van der Waals surface area contributed by atoms with E-state index in [-0.39, 0.29) is 5.91 Å². The average Bonchev–Trinajstić information content (AvgIpc) is 3.26. The van der Waals surface area contributed by atoms with Gasteiger partial charge in [0.15, 0.2) is 0 Å². The van der Waals surface area contributed by atoms with E-state index >= 15 is 0 Å². The van der Waals surface area contributed by atoms with Crippen molar-refractivity contribution in [2.75, 3.05) is 0 Å². The van der Waals surface area contributed by atoms with Crippen molar-refractivity contribution in [3.8, 4) is 10.4 Å². The van der Waals surface area contributed by atoms with Crippen LogP contribution in [0.4, 0.5) is 4.79 Å². The molecular formula is C22H23N3O3S. The van der Waals surface area contributed by atoms with E-state index in [9.17, 15) is 14.4 Å². The molecular weight excluding hydrogens is 386 g/mol. The minimum Gasteiger partial charge on any atom is -0.322 e. The van der Waals surface area contributed by atoms with Crippen LogP contribution in [0.25, 0.3) is 10.4 Å². The molecule has 0 unspecified atom stereocenters. The quantitative estimate of drug-likeness (QED) is 0.743. The monoisotopic (exact) mass is 409 g/mol. The van der Waals surface area contributed by atoms with Crippen LogP contribution in [0.15, 0.2) is 30.3 Å². The van der Waals surface area contributed by atoms with Gasteiger partial charge in [0, 0.05) is 4.88 Å². The van der Waals surface area contributed by atoms with Gasteiger partial charge in [0.05, 0.1) is 4.88 Å². The maximum atomic E-state index is 13.0. The number of urea groups is 1. The Labute approximate surface area is 173 Å². The van der Waals surface area contributed by atoms with Crippen molar-refractivity contribution in [3.63, 3.8) is 0 Å². The number of hydrogen-bond donors (Lipinski definition) is 2. The normalized spacial score (nSPS) is 25.6. The van der Waals surface area contributed by atoms with Crippen LogP contribution in [0, 0.1) is 5.92 Å². The molecule has 150 valence electrons. The van der Waals surface area contributed by atoms with Crippen LogP contribution in [0.3, 0.4) is 0 Å². The summed E-state index contributed by atoms with van der Waals surface area (Å²) >= 11 is 1.42. The molecule has 0 radical (unpaired) electrons. The molecule has 1 aromatic carbocycles. The Kier molecular flexibility index (Phi) is 4.24. The number of nitrogens with one attached hydrogen (secondary N) is 2. The molecule has 2 N–H and O–H groups in total. The molecule has 2 aliphatic carbocycles. The second kappa shape index (κ2) is 6.69. The molecule has 4 amide bonds. The van der Waals surface area contributed by atoms with Gasteiger partial charge in [-0.15, -0.1) is 11.3 Å². The van der Waals surface area contributed by atoms with Gasteiger partial charge >= 0.3 is 6.03 Å². The number of imide groups is 1. The van der Waals surface area contributed by atoms with E-state index in [4.69, 9.17) is 0 Å². The van der Waals surface area contributed by atoms with Crippen molar-refractivity contribution >= 4 is 29.2 Å². The largest absolute Gasteiger partial charge is 0.344 e. The van der Waals surface area contributed by atoms with Crippen molar-refractivity contribution in [1.82, 2.24) is 15.8 Å². The van der Waals surface area contributed by atoms with E-state index in [1.807, 2.05) is 18.2 Å². The van der Waals surface area contributed by atoms with Crippen LogP contribution in [0.2, 0.25) is 0 Å². The Morgan fingerprint density at radius 3 is 2.69 bits per heavy atom. The fourth-order valence-corrected chi connectivity index (χ4v) is 5.82. The van der Waals surface area contributed by atoms with Gasteiger partial charge in [-0.05, 0) is 67.2 Å². The number of rotatable bonds is 2. The summed E-state index contributed by atoms with van der Waals surface area (Å²) in [6.45, 7) is 2.16. The first-order valence-corrected chi connectivity index (χ1v) is 11.0. The second-order valence-corrected chi connectivity index (χ2v) is 9.45. The summed E-state index contributed by atoms with van der Waals surface area (Å²) in [4.78, 5) is 39.9. The van der Waals surface area contributed by atoms with Gasteiger partial charge in [-0.3, -0.25) is 15.0 Å². The van der Waals surface area contributed by atoms with Crippen LogP contribution in [0.1, 0.15) is 53.4 Å². The lowest BCUT2D eigenvalue weighted by molar-refractivity contribution is -0.134. The topological polar surface area (TPSA) is 78.5 Å². The molecule has 7 heteroatoms. The fraction of sp³-hybridized carbons (Fsp3) is 0.409. The zero-order chi connectivity index (χ0) is 20.2. The molecule has 2 fully saturated rings. The summed E-state index contributed by atoms with van der Waals surface area (Å²) in [6.07, 6.45) is 4.87. The number of carbonyl (C=O) groups is 3. The molecule has 0 bridgehead atoms. The SMILES string of the molecule is CC1CCC2(CC1)NC(=O)N(NC(=O)c1cc3c(s1)-c1ccccc1CC3)C2=O. The Morgan fingerprint density at radius 2 is 1.90 bits per heavy atom. The lowest BCUT2D eigenvalue weighted by atomic mass is 9.77. The van der Waals surface area contributed by atoms with E-state index in [2.05, 4.69) is 29.8 Å². The van der Waals surface area contributed by atoms with Crippen molar-refractivity contribution in [1.29, 1.82) is 0 Å². The molecule has 0 atom stereocenters. The summed E-state index contributed by atoms with van der Waals surface area (Å²) in [5.74, 6) is -0.199. The Balaban J connectivity index is 1.36. The zero-order valence-electron chi connectivity index (χ0n) is 16.3. The first-order valence-electron chi connectivity index (χ1n) is 10.2. The van der Waals surface area contributed by atoms with Gasteiger partial charge in [-0.25, -0.2) is 4.79 Å². The van der Waals surface area contributed by atoms with Gasteiger partial charge in [-0.2, -0.15) is 5.01 Å². The van der Waals surface area contributed by atoms with Crippen LogP contribution >= 0.6 is 11.3 Å². The number of aryl methyl sites for hydroxylation is 2. The molecule has 1 aliphatic heterocycles. The van der Waals surface area contributed by atoms with Crippen LogP contribution < -0.4 is 10.7 Å². The van der Waals surface area contributed by atoms with Gasteiger partial charge < -0.3 is 5.32 Å². The molecule has 1 saturated heterocycles. The van der Waals surface area contributed by atoms with Crippen molar-refractivity contribution in [2.45, 2.75) is 51.0 Å². The molecule has 3 aliphatic rings. The lowest BCUT2D eigenvalue weighted by Gasteiger charge is -2.33. The first kappa shape index (κ1) is 18.4. The Hall–Kier alpha value is -2.67. The number of thiophene rings is 1. The van der Waals surface area contributed by atoms with E-state index in [1.165, 1.54) is 22.5 Å². The van der Waals surface area contributed by atoms with E-state index in [0.29, 0.717) is 23.6 Å². The number of carbonyl (C=O) groups excluding carboxylic acids is 3. The number of benzene rings is 1. The predicted molar refractivity (Wildman–Crippen MR) is 110 cm³/mol. The Morgan fingerprint density at radius 1 is 1.17 bits per heavy atom. The highest BCUT2D eigenvalue weighted by molar-refractivity contribution is 7.17. The second-order valence-electron chi connectivity index (χ2n) is 8.40. The molecule has 5 rings (SSSR count). The summed E-state index contributed by atoms with van der Waals surface area (Å²) in [6, 6.07) is 9.59. The summed E-state index contributed by atoms with van der Waals surface area (Å²) < 4.78 is 0. The number of fused-ring (bicyclic) bond motifs is 3. The van der Waals surface area contributed by atoms with Crippen LogP contribution in [0.5, 0.6) is 0 Å². The van der Waals surface area contributed by atoms with Gasteiger partial charge in [0.1, 0.15) is 5.54 Å². The van der Waals surface area contributed by atoms with E-state index in [0.717, 1.165) is 41.1 Å². The number of amides is 4. The first-order chi connectivity index (χ1) is 14.0. The maximum Gasteiger partial charge on any atom is 0.344 e. The van der Waals surface area contributed by atoms with Crippen molar-refractivity contribution in [2.24, 2.45) is 5.92 Å². The molecule has 1 saturated carbocycles. The van der Waals surface area contributed by atoms with Gasteiger partial charge in [0.2, 0.25) is 0 Å². The standard InChI is InChI=1S/C22H23N3O3S/c1-13-8-10-22(11-9-13)20(27)25(21(28)23-22)24-19(26)17-12-15-7-6-14-4-2-3-5-16(14)18(15)29-17/h2-5,12-13H,6-11H2,1H3,(H,23,28)(H,24,26). The number of hydrogen-bond acceptors (Lipinski definition) is 4. The average molecular weight is 410 g/mol. The third-order valence-electron chi connectivity index (χ3n) is 6.46. The summed E-state index contributed by atoms with van der Waals surface area (Å²) in [5.41, 5.74) is 5.30. The van der Waals surface area contributed by atoms with Gasteiger partial charge in [0.25, 0.3) is 11.8 Å². The lowest BCUT2D eigenvalue weighted by Crippen LogP contribution is -2.51. The molecule has 1 spiro atoms. The number of nitrogens with zero attached hydrogens (tertiary/aromatic N) is 1. The van der Waals surface area contributed by atoms with Crippen LogP contribution in [-0.4, -0.2) is 28.4 Å². The van der Waals surface area contributed by atoms with Crippen LogP contribution in [-0.2, 0) is 17.6 Å². The van der Waals surface area contributed by atoms with E-state index < -0.39 is 17.5 Å². The zero-order valence-corrected chi connectivity index (χ0v) is 17.1. The third kappa shape index (κ3) is 2.95. The number of hydrazine groups is 1. The highest BCUT2D eigenvalue weighted by atomic mass is 32.1. The minimum absolute atomic E-state index is 0.339. The van der Waals surface area contributed by atoms with Crippen molar-refractivity contribution < 1.29 is 14.4 Å². The summed E-state index contributed by atoms with van der Waals surface area (Å²) in [7, 11) is 0. The molecule has 6 nitrogen and oxygen atoms in total. The Bertz CT molecular complexity index is 1020. The summed E-state index contributed by atoms with van der Waals surface area (Å²) in [5, 5.41) is 3.71. The highest BCUT2D eigenvalue weighted by Crippen LogP contribution is 2.40. The molecule has 1 aromatic heterocycles. The highest BCUT2D eigenvalue weighted by Gasteiger charge is 2.53. The maximum absolute atomic E-state index is 13.0. The minimum atomic E-state index is -0.857. The third-order valence-corrected chi connectivity index (χ3v) is 7.67. The molecule has 2 aromatic rings. The van der Waals surface area contributed by atoms with Crippen molar-refractivity contribution in [3.05, 3.63) is 46.3 Å². The smallest absolute Gasteiger partial charge is 0.322 e. The van der Waals surface area contributed by atoms with E-state index in [1.54, 1.807) is 0 Å².